The molecular weight excluding hydrogens is 266 g/mol. The van der Waals surface area contributed by atoms with Crippen molar-refractivity contribution in [2.45, 2.75) is 6.92 Å². The van der Waals surface area contributed by atoms with E-state index in [2.05, 4.69) is 25.9 Å². The van der Waals surface area contributed by atoms with E-state index in [4.69, 9.17) is 5.26 Å². The fourth-order valence-corrected chi connectivity index (χ4v) is 1.65. The Hall–Kier alpha value is -1.73. The molecule has 78 valence electrons. The Labute approximate surface area is 102 Å². The molecule has 0 bridgehead atoms. The highest BCUT2D eigenvalue weighted by Gasteiger charge is 2.03. The Balaban J connectivity index is 2.52. The Kier molecular flexibility index (Phi) is 2.97. The first-order valence-electron chi connectivity index (χ1n) is 4.71. The van der Waals surface area contributed by atoms with Gasteiger partial charge in [-0.25, -0.2) is 9.97 Å². The van der Waals surface area contributed by atoms with Crippen LogP contribution in [-0.4, -0.2) is 9.97 Å². The Morgan fingerprint density at radius 2 is 1.88 bits per heavy atom. The summed E-state index contributed by atoms with van der Waals surface area (Å²) in [6.07, 6.45) is 0. The van der Waals surface area contributed by atoms with Crippen molar-refractivity contribution in [3.8, 4) is 17.3 Å². The largest absolute Gasteiger partial charge is 0.232 e. The van der Waals surface area contributed by atoms with Crippen molar-refractivity contribution >= 4 is 15.9 Å². The van der Waals surface area contributed by atoms with Gasteiger partial charge in [-0.3, -0.25) is 0 Å². The molecule has 3 nitrogen and oxygen atoms in total. The molecule has 0 radical (unpaired) electrons. The lowest BCUT2D eigenvalue weighted by molar-refractivity contribution is 1.06. The number of hydrogen-bond acceptors (Lipinski definition) is 3. The zero-order valence-electron chi connectivity index (χ0n) is 8.61. The number of nitriles is 1. The van der Waals surface area contributed by atoms with Crippen molar-refractivity contribution in [1.29, 1.82) is 5.26 Å². The van der Waals surface area contributed by atoms with Gasteiger partial charge in [-0.05, 0) is 25.1 Å². The number of benzene rings is 1. The molecule has 1 heterocycles. The summed E-state index contributed by atoms with van der Waals surface area (Å²) < 4.78 is 1.02. The second-order valence-electron chi connectivity index (χ2n) is 3.34. The lowest BCUT2D eigenvalue weighted by Gasteiger charge is -2.02. The molecule has 0 spiro atoms. The zero-order valence-corrected chi connectivity index (χ0v) is 10.2. The van der Waals surface area contributed by atoms with Crippen LogP contribution < -0.4 is 0 Å². The number of nitrogens with zero attached hydrogens (tertiary/aromatic N) is 3. The highest BCUT2D eigenvalue weighted by molar-refractivity contribution is 9.10. The van der Waals surface area contributed by atoms with Crippen LogP contribution in [0.2, 0.25) is 0 Å². The first-order valence-corrected chi connectivity index (χ1v) is 5.50. The maximum Gasteiger partial charge on any atom is 0.232 e. The highest BCUT2D eigenvalue weighted by Crippen LogP contribution is 2.20. The van der Waals surface area contributed by atoms with Crippen LogP contribution in [0, 0.1) is 18.3 Å². The number of rotatable bonds is 1. The van der Waals surface area contributed by atoms with Crippen molar-refractivity contribution in [3.05, 3.63) is 46.3 Å². The Morgan fingerprint density at radius 1 is 1.19 bits per heavy atom. The summed E-state index contributed by atoms with van der Waals surface area (Å²) in [7, 11) is 0. The minimum Gasteiger partial charge on any atom is -0.224 e. The SMILES string of the molecule is Cc1cc(-c2ccc(Br)cc2)nc(C#N)n1. The number of hydrogen-bond donors (Lipinski definition) is 0. The van der Waals surface area contributed by atoms with E-state index in [9.17, 15) is 0 Å². The summed E-state index contributed by atoms with van der Waals surface area (Å²) in [4.78, 5) is 8.18. The smallest absolute Gasteiger partial charge is 0.224 e. The molecule has 0 aliphatic carbocycles. The molecule has 0 aliphatic rings. The van der Waals surface area contributed by atoms with Crippen LogP contribution >= 0.6 is 15.9 Å². The lowest BCUT2D eigenvalue weighted by Crippen LogP contribution is -1.94. The summed E-state index contributed by atoms with van der Waals surface area (Å²) in [5.41, 5.74) is 2.55. The molecule has 0 saturated heterocycles. The van der Waals surface area contributed by atoms with Crippen LogP contribution in [0.1, 0.15) is 11.5 Å². The average Bonchev–Trinajstić information content (AvgIpc) is 2.29. The molecule has 0 unspecified atom stereocenters. The quantitative estimate of drug-likeness (QED) is 0.802. The van der Waals surface area contributed by atoms with Gasteiger partial charge >= 0.3 is 0 Å². The molecule has 0 aliphatic heterocycles. The van der Waals surface area contributed by atoms with E-state index in [1.807, 2.05) is 43.3 Å². The van der Waals surface area contributed by atoms with Gasteiger partial charge in [-0.15, -0.1) is 0 Å². The maximum absolute atomic E-state index is 8.80. The van der Waals surface area contributed by atoms with Crippen LogP contribution in [0.5, 0.6) is 0 Å². The molecule has 0 N–H and O–H groups in total. The van der Waals surface area contributed by atoms with Gasteiger partial charge in [-0.1, -0.05) is 28.1 Å². The Bertz CT molecular complexity index is 555. The standard InChI is InChI=1S/C12H8BrN3/c1-8-6-11(16-12(7-14)15-8)9-2-4-10(13)5-3-9/h2-6H,1H3. The third-order valence-corrected chi connectivity index (χ3v) is 2.62. The van der Waals surface area contributed by atoms with E-state index < -0.39 is 0 Å². The van der Waals surface area contributed by atoms with Crippen LogP contribution in [-0.2, 0) is 0 Å². The summed E-state index contributed by atoms with van der Waals surface area (Å²) in [6, 6.07) is 11.6. The summed E-state index contributed by atoms with van der Waals surface area (Å²) in [6.45, 7) is 1.85. The van der Waals surface area contributed by atoms with Gasteiger partial charge in [0.25, 0.3) is 0 Å². The fraction of sp³-hybridized carbons (Fsp3) is 0.0833. The molecule has 16 heavy (non-hydrogen) atoms. The minimum absolute atomic E-state index is 0.206. The third kappa shape index (κ3) is 2.26. The molecule has 1 aromatic carbocycles. The van der Waals surface area contributed by atoms with E-state index >= 15 is 0 Å². The zero-order chi connectivity index (χ0) is 11.5. The summed E-state index contributed by atoms with van der Waals surface area (Å²) in [5, 5.41) is 8.80. The molecule has 0 saturated carbocycles. The van der Waals surface area contributed by atoms with Crippen LogP contribution in [0.15, 0.2) is 34.8 Å². The maximum atomic E-state index is 8.80. The van der Waals surface area contributed by atoms with E-state index in [0.29, 0.717) is 0 Å². The molecule has 2 aromatic rings. The van der Waals surface area contributed by atoms with Gasteiger partial charge < -0.3 is 0 Å². The fourth-order valence-electron chi connectivity index (χ4n) is 1.39. The topological polar surface area (TPSA) is 49.6 Å². The third-order valence-electron chi connectivity index (χ3n) is 2.09. The monoisotopic (exact) mass is 273 g/mol. The molecular formula is C12H8BrN3. The molecule has 4 heteroatoms. The van der Waals surface area contributed by atoms with Crippen molar-refractivity contribution in [1.82, 2.24) is 9.97 Å². The van der Waals surface area contributed by atoms with E-state index in [1.54, 1.807) is 0 Å². The van der Waals surface area contributed by atoms with Crippen LogP contribution in [0.25, 0.3) is 11.3 Å². The number of aromatic nitrogens is 2. The van der Waals surface area contributed by atoms with Crippen molar-refractivity contribution in [2.24, 2.45) is 0 Å². The molecule has 2 rings (SSSR count). The highest BCUT2D eigenvalue weighted by atomic mass is 79.9. The van der Waals surface area contributed by atoms with Crippen LogP contribution in [0.4, 0.5) is 0 Å². The van der Waals surface area contributed by atoms with Gasteiger partial charge in [0.2, 0.25) is 5.82 Å². The number of halogens is 1. The van der Waals surface area contributed by atoms with Gasteiger partial charge in [0.05, 0.1) is 5.69 Å². The van der Waals surface area contributed by atoms with Crippen molar-refractivity contribution < 1.29 is 0 Å². The first kappa shape index (κ1) is 10.8. The van der Waals surface area contributed by atoms with E-state index in [-0.39, 0.29) is 5.82 Å². The van der Waals surface area contributed by atoms with E-state index in [0.717, 1.165) is 21.4 Å². The molecule has 0 amide bonds. The minimum atomic E-state index is 0.206. The summed E-state index contributed by atoms with van der Waals surface area (Å²) in [5.74, 6) is 0.206. The van der Waals surface area contributed by atoms with Crippen LogP contribution in [0.3, 0.4) is 0 Å². The predicted molar refractivity (Wildman–Crippen MR) is 64.6 cm³/mol. The molecule has 1 aromatic heterocycles. The molecule has 0 fully saturated rings. The van der Waals surface area contributed by atoms with Crippen molar-refractivity contribution in [2.75, 3.05) is 0 Å². The van der Waals surface area contributed by atoms with Gasteiger partial charge in [0.1, 0.15) is 6.07 Å². The van der Waals surface area contributed by atoms with E-state index in [1.165, 1.54) is 0 Å². The molecule has 0 atom stereocenters. The van der Waals surface area contributed by atoms with Gasteiger partial charge in [0.15, 0.2) is 0 Å². The second kappa shape index (κ2) is 4.42. The lowest BCUT2D eigenvalue weighted by atomic mass is 10.1. The average molecular weight is 274 g/mol. The second-order valence-corrected chi connectivity index (χ2v) is 4.25. The van der Waals surface area contributed by atoms with Gasteiger partial charge in [-0.2, -0.15) is 5.26 Å². The Morgan fingerprint density at radius 3 is 2.50 bits per heavy atom. The number of aryl methyl sites for hydroxylation is 1. The first-order chi connectivity index (χ1) is 7.69. The van der Waals surface area contributed by atoms with Gasteiger partial charge in [0, 0.05) is 15.7 Å². The normalized spacial score (nSPS) is 9.81. The summed E-state index contributed by atoms with van der Waals surface area (Å²) >= 11 is 3.38. The predicted octanol–water partition coefficient (Wildman–Crippen LogP) is 3.09. The van der Waals surface area contributed by atoms with Crippen molar-refractivity contribution in [3.63, 3.8) is 0 Å².